The molecule has 10 nitrogen and oxygen atoms in total. The van der Waals surface area contributed by atoms with Crippen LogP contribution in [0.2, 0.25) is 0 Å². The molecule has 2 unspecified atom stereocenters. The van der Waals surface area contributed by atoms with Crippen molar-refractivity contribution in [1.29, 1.82) is 0 Å². The van der Waals surface area contributed by atoms with Crippen LogP contribution in [-0.4, -0.2) is 97.6 Å². The van der Waals surface area contributed by atoms with E-state index in [0.717, 1.165) is 32.4 Å². The lowest BCUT2D eigenvalue weighted by Gasteiger charge is -2.46. The fraction of sp³-hybridized carbons (Fsp3) is 0.810. The first kappa shape index (κ1) is 21.0. The Morgan fingerprint density at radius 2 is 1.91 bits per heavy atom. The highest BCUT2D eigenvalue weighted by Crippen LogP contribution is 2.43. The minimum absolute atomic E-state index is 0.0512. The lowest BCUT2D eigenvalue weighted by atomic mass is 9.80. The maximum absolute atomic E-state index is 13.5. The first-order valence-corrected chi connectivity index (χ1v) is 13.1. The highest BCUT2D eigenvalue weighted by atomic mass is 32.2. The molecule has 0 radical (unpaired) electrons. The van der Waals surface area contributed by atoms with Gasteiger partial charge in [-0.3, -0.25) is 4.79 Å². The Balaban J connectivity index is 1.09. The number of aromatic nitrogens is 1. The van der Waals surface area contributed by atoms with Crippen LogP contribution < -0.4 is 5.32 Å². The van der Waals surface area contributed by atoms with Crippen molar-refractivity contribution >= 4 is 16.1 Å². The predicted octanol–water partition coefficient (Wildman–Crippen LogP) is 0.396. The molecule has 6 rings (SSSR count). The Bertz CT molecular complexity index is 988. The van der Waals surface area contributed by atoms with Crippen LogP contribution in [0.3, 0.4) is 0 Å². The van der Waals surface area contributed by atoms with Gasteiger partial charge in [-0.2, -0.15) is 17.0 Å². The monoisotopic (exact) mass is 465 g/mol. The van der Waals surface area contributed by atoms with Crippen LogP contribution in [0, 0.1) is 5.41 Å². The molecule has 1 aromatic heterocycles. The summed E-state index contributed by atoms with van der Waals surface area (Å²) in [7, 11) is -1.39. The second kappa shape index (κ2) is 7.49. The fourth-order valence-corrected chi connectivity index (χ4v) is 8.62. The number of hydrogen-bond acceptors (Lipinski definition) is 7. The molecular weight excluding hydrogens is 434 g/mol. The molecule has 6 heterocycles. The molecule has 5 fully saturated rings. The molecule has 5 aliphatic heterocycles. The highest BCUT2D eigenvalue weighted by molar-refractivity contribution is 7.86. The number of carbonyl (C=O) groups excluding carboxylic acids is 1. The molecule has 11 heteroatoms. The van der Waals surface area contributed by atoms with E-state index in [1.54, 1.807) is 14.7 Å². The molecular formula is C21H31N5O5S. The van der Waals surface area contributed by atoms with Gasteiger partial charge in [0.25, 0.3) is 16.1 Å². The number of hydrogen-bond donors (Lipinski definition) is 1. The maximum atomic E-state index is 13.5. The van der Waals surface area contributed by atoms with Gasteiger partial charge >= 0.3 is 0 Å². The first-order valence-electron chi connectivity index (χ1n) is 11.7. The van der Waals surface area contributed by atoms with Gasteiger partial charge in [-0.05, 0) is 39.2 Å². The molecule has 1 N–H and O–H groups in total. The quantitative estimate of drug-likeness (QED) is 0.670. The van der Waals surface area contributed by atoms with Gasteiger partial charge in [-0.15, -0.1) is 0 Å². The molecule has 1 amide bonds. The Morgan fingerprint density at radius 1 is 1.19 bits per heavy atom. The third-order valence-corrected chi connectivity index (χ3v) is 10.1. The van der Waals surface area contributed by atoms with Crippen LogP contribution >= 0.6 is 0 Å². The number of nitrogens with one attached hydrogen (secondary N) is 1. The van der Waals surface area contributed by atoms with E-state index in [1.165, 1.54) is 0 Å². The van der Waals surface area contributed by atoms with E-state index in [0.29, 0.717) is 44.9 Å². The van der Waals surface area contributed by atoms with E-state index >= 15 is 0 Å². The van der Waals surface area contributed by atoms with Gasteiger partial charge in [0.1, 0.15) is 5.76 Å². The average Bonchev–Trinajstić information content (AvgIpc) is 3.38. The zero-order chi connectivity index (χ0) is 22.1. The smallest absolute Gasteiger partial charge is 0.282 e. The molecule has 0 saturated carbocycles. The SMILES string of the molecule is CN1CC2(CCN(S(=O)(=O)N3C4CCC3CC(NC(=O)c3cc(C5COC5)on3)C4)C2)C1. The first-order chi connectivity index (χ1) is 15.3. The third kappa shape index (κ3) is 3.40. The second-order valence-electron chi connectivity index (χ2n) is 10.5. The van der Waals surface area contributed by atoms with Crippen molar-refractivity contribution in [2.24, 2.45) is 5.41 Å². The summed E-state index contributed by atoms with van der Waals surface area (Å²) in [6.45, 7) is 4.42. The van der Waals surface area contributed by atoms with E-state index < -0.39 is 10.2 Å². The van der Waals surface area contributed by atoms with Gasteiger partial charge in [0.15, 0.2) is 5.69 Å². The van der Waals surface area contributed by atoms with E-state index in [9.17, 15) is 13.2 Å². The number of likely N-dealkylation sites (tertiary alicyclic amines) is 1. The predicted molar refractivity (Wildman–Crippen MR) is 114 cm³/mol. The third-order valence-electron chi connectivity index (χ3n) is 8.01. The number of ether oxygens (including phenoxy) is 1. The van der Waals surface area contributed by atoms with Crippen LogP contribution in [0.4, 0.5) is 0 Å². The maximum Gasteiger partial charge on any atom is 0.282 e. The summed E-state index contributed by atoms with van der Waals surface area (Å²) < 4.78 is 41.0. The summed E-state index contributed by atoms with van der Waals surface area (Å²) >= 11 is 0. The zero-order valence-corrected chi connectivity index (χ0v) is 19.2. The zero-order valence-electron chi connectivity index (χ0n) is 18.4. The minimum atomic E-state index is -3.47. The standard InChI is InChI=1S/C21H31N5O5S/c1-24-11-21(12-24)4-5-25(13-21)32(28,29)26-16-2-3-17(26)7-15(6-16)22-20(27)18-8-19(31-23-18)14-9-30-10-14/h8,14-17H,2-7,9-13H2,1H3,(H,22,27). The van der Waals surface area contributed by atoms with Crippen molar-refractivity contribution in [2.75, 3.05) is 46.4 Å². The van der Waals surface area contributed by atoms with Crippen LogP contribution in [0.1, 0.15) is 54.3 Å². The van der Waals surface area contributed by atoms with Gasteiger partial charge in [-0.25, -0.2) is 0 Å². The molecule has 176 valence electrons. The van der Waals surface area contributed by atoms with Gasteiger partial charge in [-0.1, -0.05) is 5.16 Å². The van der Waals surface area contributed by atoms with E-state index in [1.807, 2.05) is 0 Å². The van der Waals surface area contributed by atoms with Gasteiger partial charge in [0, 0.05) is 55.8 Å². The summed E-state index contributed by atoms with van der Waals surface area (Å²) in [6, 6.07) is 1.54. The second-order valence-corrected chi connectivity index (χ2v) is 12.3. The number of fused-ring (bicyclic) bond motifs is 2. The largest absolute Gasteiger partial charge is 0.380 e. The number of piperidine rings is 1. The van der Waals surface area contributed by atoms with Crippen molar-refractivity contribution in [3.05, 3.63) is 17.5 Å². The fourth-order valence-electron chi connectivity index (χ4n) is 6.46. The van der Waals surface area contributed by atoms with Crippen molar-refractivity contribution in [2.45, 2.75) is 56.1 Å². The van der Waals surface area contributed by atoms with Gasteiger partial charge in [0.2, 0.25) is 0 Å². The van der Waals surface area contributed by atoms with Crippen LogP contribution in [-0.2, 0) is 14.9 Å². The molecule has 5 aliphatic rings. The number of carbonyl (C=O) groups is 1. The highest BCUT2D eigenvalue weighted by Gasteiger charge is 2.54. The van der Waals surface area contributed by atoms with Crippen molar-refractivity contribution in [3.8, 4) is 0 Å². The average molecular weight is 466 g/mol. The van der Waals surface area contributed by atoms with Crippen LogP contribution in [0.25, 0.3) is 0 Å². The number of amides is 1. The molecule has 2 atom stereocenters. The van der Waals surface area contributed by atoms with E-state index in [-0.39, 0.29) is 41.1 Å². The molecule has 5 saturated heterocycles. The lowest BCUT2D eigenvalue weighted by Crippen LogP contribution is -2.58. The molecule has 32 heavy (non-hydrogen) atoms. The number of rotatable bonds is 5. The Labute approximate surface area is 188 Å². The Morgan fingerprint density at radius 3 is 2.53 bits per heavy atom. The van der Waals surface area contributed by atoms with Crippen molar-refractivity contribution in [1.82, 2.24) is 24.0 Å². The van der Waals surface area contributed by atoms with Gasteiger partial charge < -0.3 is 19.5 Å². The van der Waals surface area contributed by atoms with Crippen molar-refractivity contribution < 1.29 is 22.5 Å². The molecule has 0 aliphatic carbocycles. The Kier molecular flexibility index (Phi) is 4.92. The number of nitrogens with zero attached hydrogens (tertiary/aromatic N) is 4. The van der Waals surface area contributed by atoms with E-state index in [2.05, 4.69) is 22.4 Å². The normalized spacial score (nSPS) is 33.3. The summed E-state index contributed by atoms with van der Waals surface area (Å²) in [5.74, 6) is 0.610. The van der Waals surface area contributed by atoms with E-state index in [4.69, 9.17) is 9.26 Å². The summed E-state index contributed by atoms with van der Waals surface area (Å²) in [5, 5.41) is 6.99. The summed E-state index contributed by atoms with van der Waals surface area (Å²) in [4.78, 5) is 15.0. The summed E-state index contributed by atoms with van der Waals surface area (Å²) in [5.41, 5.74) is 0.428. The Hall–Kier alpha value is -1.53. The van der Waals surface area contributed by atoms with Crippen LogP contribution in [0.5, 0.6) is 0 Å². The lowest BCUT2D eigenvalue weighted by molar-refractivity contribution is -0.00228. The molecule has 1 aromatic rings. The topological polar surface area (TPSA) is 108 Å². The van der Waals surface area contributed by atoms with Crippen molar-refractivity contribution in [3.63, 3.8) is 0 Å². The van der Waals surface area contributed by atoms with Gasteiger partial charge in [0.05, 0.1) is 19.1 Å². The van der Waals surface area contributed by atoms with Crippen LogP contribution in [0.15, 0.2) is 10.6 Å². The summed E-state index contributed by atoms with van der Waals surface area (Å²) in [6.07, 6.45) is 3.95. The minimum Gasteiger partial charge on any atom is -0.380 e. The molecule has 2 bridgehead atoms. The molecule has 0 aromatic carbocycles. The molecule has 1 spiro atoms.